The first-order chi connectivity index (χ1) is 9.77. The van der Waals surface area contributed by atoms with Gasteiger partial charge in [0.1, 0.15) is 6.04 Å². The van der Waals surface area contributed by atoms with E-state index >= 15 is 0 Å². The van der Waals surface area contributed by atoms with Crippen molar-refractivity contribution in [2.75, 3.05) is 0 Å². The summed E-state index contributed by atoms with van der Waals surface area (Å²) in [5.41, 5.74) is 0. The molecule has 0 aromatic carbocycles. The van der Waals surface area contributed by atoms with Crippen LogP contribution in [0.1, 0.15) is 47.0 Å². The van der Waals surface area contributed by atoms with Gasteiger partial charge in [-0.25, -0.2) is 0 Å². The minimum absolute atomic E-state index is 0.0474. The summed E-state index contributed by atoms with van der Waals surface area (Å²) in [5.74, 6) is -0.150. The molecule has 0 aromatic rings. The van der Waals surface area contributed by atoms with Crippen molar-refractivity contribution in [3.8, 4) is 0 Å². The number of carbonyl (C=O) groups excluding carboxylic acids is 2. The maximum absolute atomic E-state index is 12.9. The summed E-state index contributed by atoms with van der Waals surface area (Å²) >= 11 is 5.62. The first-order valence-corrected chi connectivity index (χ1v) is 8.80. The van der Waals surface area contributed by atoms with Crippen molar-refractivity contribution in [2.45, 2.75) is 75.2 Å². The Bertz CT molecular complexity index is 428. The Morgan fingerprint density at radius 1 is 1.43 bits per heavy atom. The van der Waals surface area contributed by atoms with Crippen LogP contribution in [0.5, 0.6) is 0 Å². The van der Waals surface area contributed by atoms with E-state index in [2.05, 4.69) is 22.9 Å². The van der Waals surface area contributed by atoms with Gasteiger partial charge in [0.25, 0.3) is 5.91 Å². The first-order valence-electron chi connectivity index (χ1n) is 7.48. The minimum atomic E-state index is -0.466. The third kappa shape index (κ3) is 3.35. The van der Waals surface area contributed by atoms with Crippen molar-refractivity contribution in [1.82, 2.24) is 14.9 Å². The van der Waals surface area contributed by atoms with E-state index in [9.17, 15) is 9.59 Å². The molecule has 2 N–H and O–H groups in total. The summed E-state index contributed by atoms with van der Waals surface area (Å²) in [5, 5.41) is 3.42. The van der Waals surface area contributed by atoms with Gasteiger partial charge in [0, 0.05) is 10.8 Å². The second-order valence-electron chi connectivity index (χ2n) is 6.60. The lowest BCUT2D eigenvalue weighted by molar-refractivity contribution is -0.141. The molecule has 2 amide bonds. The van der Waals surface area contributed by atoms with Crippen LogP contribution in [-0.4, -0.2) is 45.0 Å². The van der Waals surface area contributed by atoms with E-state index in [1.165, 1.54) is 0 Å². The molecule has 2 rings (SSSR count). The van der Waals surface area contributed by atoms with Crippen molar-refractivity contribution in [3.05, 3.63) is 0 Å². The number of thioether (sulfide) groups is 1. The number of hydrogen-bond acceptors (Lipinski definition) is 5. The maximum Gasteiger partial charge on any atom is 0.253 e. The summed E-state index contributed by atoms with van der Waals surface area (Å²) in [4.78, 5) is 27.0. The second-order valence-corrected chi connectivity index (χ2v) is 8.66. The van der Waals surface area contributed by atoms with Crippen LogP contribution in [0.4, 0.5) is 0 Å². The van der Waals surface area contributed by atoms with Crippen molar-refractivity contribution in [1.29, 1.82) is 0 Å². The van der Waals surface area contributed by atoms with E-state index in [0.29, 0.717) is 0 Å². The number of rotatable bonds is 3. The van der Waals surface area contributed by atoms with E-state index in [0.717, 1.165) is 19.3 Å². The topological polar surface area (TPSA) is 61.4 Å². The Balaban J connectivity index is 2.30. The van der Waals surface area contributed by atoms with Crippen LogP contribution in [0.3, 0.4) is 0 Å². The van der Waals surface area contributed by atoms with Crippen LogP contribution in [0, 0.1) is 0 Å². The van der Waals surface area contributed by atoms with Gasteiger partial charge in [-0.3, -0.25) is 9.59 Å². The molecule has 3 atom stereocenters. The highest BCUT2D eigenvalue weighted by molar-refractivity contribution is 8.01. The fourth-order valence-electron chi connectivity index (χ4n) is 3.30. The predicted octanol–water partition coefficient (Wildman–Crippen LogP) is 1.55. The molecule has 0 aliphatic carbocycles. The molecule has 2 saturated heterocycles. The highest BCUT2D eigenvalue weighted by Gasteiger charge is 2.54. The molecule has 2 heterocycles. The highest BCUT2D eigenvalue weighted by Crippen LogP contribution is 2.47. The van der Waals surface area contributed by atoms with Crippen LogP contribution in [0.15, 0.2) is 0 Å². The third-order valence-corrected chi connectivity index (χ3v) is 5.86. The summed E-state index contributed by atoms with van der Waals surface area (Å²) in [7, 11) is 0. The van der Waals surface area contributed by atoms with Gasteiger partial charge >= 0.3 is 0 Å². The summed E-state index contributed by atoms with van der Waals surface area (Å²) < 4.78 is 2.12. The van der Waals surface area contributed by atoms with Gasteiger partial charge in [0.05, 0.1) is 11.4 Å². The van der Waals surface area contributed by atoms with Crippen LogP contribution in [0.25, 0.3) is 0 Å². The fraction of sp³-hybridized carbons (Fsp3) is 0.857. The number of fused-ring (bicyclic) bond motifs is 1. The maximum atomic E-state index is 12.9. The molecule has 0 bridgehead atoms. The first kappa shape index (κ1) is 17.0. The van der Waals surface area contributed by atoms with E-state index in [-0.39, 0.29) is 34.0 Å². The van der Waals surface area contributed by atoms with E-state index < -0.39 is 6.04 Å². The Kier molecular flexibility index (Phi) is 5.15. The van der Waals surface area contributed by atoms with E-state index in [4.69, 9.17) is 0 Å². The van der Waals surface area contributed by atoms with Gasteiger partial charge in [-0.15, -0.1) is 11.8 Å². The standard InChI is InChI=1S/C14H25N3O2S2/c1-8(2)15-9-6-5-7-10-17(13(9)19)11(12(18)16-20)14(3,4)21-10/h8-11,15,20H,5-7H2,1-4H3,(H,16,18)/t9-,10+,11-/m1/s1. The molecule has 5 nitrogen and oxygen atoms in total. The summed E-state index contributed by atoms with van der Waals surface area (Å²) in [6, 6.07) is -0.414. The number of carbonyl (C=O) groups is 2. The van der Waals surface area contributed by atoms with Gasteiger partial charge in [-0.1, -0.05) is 26.7 Å². The van der Waals surface area contributed by atoms with Gasteiger partial charge in [-0.05, 0) is 33.1 Å². The molecule has 21 heavy (non-hydrogen) atoms. The molecule has 0 aromatic heterocycles. The van der Waals surface area contributed by atoms with Gasteiger partial charge in [-0.2, -0.15) is 0 Å². The summed E-state index contributed by atoms with van der Waals surface area (Å²) in [6.07, 6.45) is 2.77. The molecule has 0 unspecified atom stereocenters. The van der Waals surface area contributed by atoms with Gasteiger partial charge in [0.2, 0.25) is 5.91 Å². The lowest BCUT2D eigenvalue weighted by Crippen LogP contribution is -2.57. The molecule has 0 radical (unpaired) electrons. The molecule has 2 aliphatic heterocycles. The largest absolute Gasteiger partial charge is 0.316 e. The number of amides is 2. The number of nitrogens with one attached hydrogen (secondary N) is 2. The average molecular weight is 332 g/mol. The van der Waals surface area contributed by atoms with E-state index in [1.54, 1.807) is 16.7 Å². The van der Waals surface area contributed by atoms with Crippen LogP contribution in [0.2, 0.25) is 0 Å². The van der Waals surface area contributed by atoms with Crippen molar-refractivity contribution >= 4 is 36.4 Å². The van der Waals surface area contributed by atoms with Crippen LogP contribution < -0.4 is 10.0 Å². The van der Waals surface area contributed by atoms with Gasteiger partial charge < -0.3 is 14.9 Å². The molecule has 2 aliphatic rings. The SMILES string of the molecule is CC(C)N[C@@H]1CCC[C@@H]2SC(C)(C)[C@@H](C(=O)NS)N2C1=O. The normalized spacial score (nSPS) is 32.0. The van der Waals surface area contributed by atoms with Crippen LogP contribution >= 0.6 is 24.6 Å². The quantitative estimate of drug-likeness (QED) is 0.687. The van der Waals surface area contributed by atoms with E-state index in [1.807, 2.05) is 27.7 Å². The lowest BCUT2D eigenvalue weighted by atomic mass is 10.00. The molecular formula is C14H25N3O2S2. The smallest absolute Gasteiger partial charge is 0.253 e. The van der Waals surface area contributed by atoms with Crippen molar-refractivity contribution < 1.29 is 9.59 Å². The number of hydrogen-bond donors (Lipinski definition) is 3. The predicted molar refractivity (Wildman–Crippen MR) is 89.1 cm³/mol. The molecule has 120 valence electrons. The lowest BCUT2D eigenvalue weighted by Gasteiger charge is -2.33. The van der Waals surface area contributed by atoms with Crippen LogP contribution in [-0.2, 0) is 9.59 Å². The molecule has 0 saturated carbocycles. The Morgan fingerprint density at radius 3 is 2.67 bits per heavy atom. The average Bonchev–Trinajstić information content (AvgIpc) is 2.58. The highest BCUT2D eigenvalue weighted by atomic mass is 32.2. The molecule has 7 heteroatoms. The Labute approximate surface area is 136 Å². The zero-order valence-electron chi connectivity index (χ0n) is 13.0. The zero-order valence-corrected chi connectivity index (χ0v) is 14.8. The third-order valence-electron chi connectivity index (χ3n) is 4.08. The minimum Gasteiger partial charge on any atom is -0.316 e. The Morgan fingerprint density at radius 2 is 2.10 bits per heavy atom. The van der Waals surface area contributed by atoms with Crippen molar-refractivity contribution in [2.24, 2.45) is 0 Å². The fourth-order valence-corrected chi connectivity index (χ4v) is 5.10. The summed E-state index contributed by atoms with van der Waals surface area (Å²) in [6.45, 7) is 8.13. The molecule has 0 spiro atoms. The van der Waals surface area contributed by atoms with Gasteiger partial charge in [0.15, 0.2) is 0 Å². The monoisotopic (exact) mass is 331 g/mol. The zero-order chi connectivity index (χ0) is 15.8. The number of nitrogens with zero attached hydrogens (tertiary/aromatic N) is 1. The number of thiol groups is 1. The molecule has 2 fully saturated rings. The Hall–Kier alpha value is -0.400. The van der Waals surface area contributed by atoms with Crippen molar-refractivity contribution in [3.63, 3.8) is 0 Å². The second kappa shape index (κ2) is 6.38. The molecular weight excluding hydrogens is 306 g/mol.